The fraction of sp³-hybridized carbons (Fsp3) is 0.438. The molecule has 0 bridgehead atoms. The maximum Gasteiger partial charge on any atom is 0.265 e. The van der Waals surface area contributed by atoms with Gasteiger partial charge in [-0.05, 0) is 18.6 Å². The van der Waals surface area contributed by atoms with Crippen LogP contribution in [0.25, 0.3) is 0 Å². The zero-order valence-electron chi connectivity index (χ0n) is 12.9. The smallest absolute Gasteiger partial charge is 0.265 e. The van der Waals surface area contributed by atoms with E-state index in [1.165, 1.54) is 13.2 Å². The summed E-state index contributed by atoms with van der Waals surface area (Å²) in [6, 6.07) is 2.46. The topological polar surface area (TPSA) is 63.0 Å². The highest BCUT2D eigenvalue weighted by atomic mass is 19.3. The van der Waals surface area contributed by atoms with E-state index in [0.717, 1.165) is 6.20 Å². The van der Waals surface area contributed by atoms with Gasteiger partial charge in [0, 0.05) is 18.1 Å². The van der Waals surface area contributed by atoms with Crippen LogP contribution in [0.4, 0.5) is 13.2 Å². The Balaban J connectivity index is 2.75. The van der Waals surface area contributed by atoms with Gasteiger partial charge >= 0.3 is 0 Å². The summed E-state index contributed by atoms with van der Waals surface area (Å²) in [6.45, 7) is 3.19. The van der Waals surface area contributed by atoms with Gasteiger partial charge in [-0.2, -0.15) is 5.26 Å². The van der Waals surface area contributed by atoms with Gasteiger partial charge < -0.3 is 4.74 Å². The monoisotopic (exact) mass is 324 g/mol. The number of ketones is 1. The van der Waals surface area contributed by atoms with Crippen molar-refractivity contribution >= 4 is 5.78 Å². The predicted octanol–water partition coefficient (Wildman–Crippen LogP) is 3.45. The number of nitrogens with zero attached hydrogens (tertiary/aromatic N) is 2. The standard InChI is InChI=1S/C16H15F3N2O2/c1-15(2)8-16(23-3,5-9(6-20)13(15)22)12-11(14(18)19)4-10(17)7-21-12/h4-5,7,14H,8H2,1-3H3. The Kier molecular flexibility index (Phi) is 4.31. The summed E-state index contributed by atoms with van der Waals surface area (Å²) >= 11 is 0. The summed E-state index contributed by atoms with van der Waals surface area (Å²) in [5, 5.41) is 9.17. The molecule has 0 amide bonds. The third kappa shape index (κ3) is 2.86. The van der Waals surface area contributed by atoms with E-state index >= 15 is 0 Å². The van der Waals surface area contributed by atoms with Gasteiger partial charge in [-0.25, -0.2) is 13.2 Å². The van der Waals surface area contributed by atoms with Gasteiger partial charge in [-0.1, -0.05) is 13.8 Å². The minimum absolute atomic E-state index is 0.0128. The third-order valence-electron chi connectivity index (χ3n) is 3.95. The van der Waals surface area contributed by atoms with Crippen LogP contribution in [0, 0.1) is 22.6 Å². The molecule has 0 radical (unpaired) electrons. The summed E-state index contributed by atoms with van der Waals surface area (Å²) in [6.07, 6.45) is -0.948. The molecule has 1 aliphatic carbocycles. The number of carbonyl (C=O) groups excluding carboxylic acids is 1. The van der Waals surface area contributed by atoms with E-state index in [1.54, 1.807) is 19.9 Å². The molecule has 1 aromatic rings. The van der Waals surface area contributed by atoms with Gasteiger partial charge in [0.25, 0.3) is 6.43 Å². The number of methoxy groups -OCH3 is 1. The molecule has 0 saturated heterocycles. The van der Waals surface area contributed by atoms with E-state index in [0.29, 0.717) is 6.07 Å². The van der Waals surface area contributed by atoms with Crippen molar-refractivity contribution in [2.75, 3.05) is 7.11 Å². The quantitative estimate of drug-likeness (QED) is 0.854. The van der Waals surface area contributed by atoms with Crippen LogP contribution in [0.15, 0.2) is 23.9 Å². The number of nitriles is 1. The van der Waals surface area contributed by atoms with Crippen LogP contribution < -0.4 is 0 Å². The largest absolute Gasteiger partial charge is 0.368 e. The average Bonchev–Trinajstić information content (AvgIpc) is 2.49. The van der Waals surface area contributed by atoms with Crippen molar-refractivity contribution in [2.45, 2.75) is 32.3 Å². The molecule has 1 aliphatic rings. The number of carbonyl (C=O) groups is 1. The van der Waals surface area contributed by atoms with Crippen molar-refractivity contribution in [3.8, 4) is 6.07 Å². The second-order valence-electron chi connectivity index (χ2n) is 6.05. The lowest BCUT2D eigenvalue weighted by Crippen LogP contribution is -2.43. The van der Waals surface area contributed by atoms with E-state index in [4.69, 9.17) is 10.00 Å². The Bertz CT molecular complexity index is 723. The van der Waals surface area contributed by atoms with Crippen molar-refractivity contribution in [3.05, 3.63) is 41.0 Å². The summed E-state index contributed by atoms with van der Waals surface area (Å²) in [4.78, 5) is 16.0. The first kappa shape index (κ1) is 17.2. The van der Waals surface area contributed by atoms with E-state index < -0.39 is 34.6 Å². The maximum absolute atomic E-state index is 13.3. The first-order chi connectivity index (χ1) is 10.7. The molecule has 1 unspecified atom stereocenters. The fourth-order valence-corrected chi connectivity index (χ4v) is 2.89. The van der Waals surface area contributed by atoms with Gasteiger partial charge in [0.15, 0.2) is 5.78 Å². The SMILES string of the molecule is COC1(c2ncc(F)cc2C(F)F)C=C(C#N)C(=O)C(C)(C)C1. The Hall–Kier alpha value is -2.20. The molecule has 1 aromatic heterocycles. The molecule has 7 heteroatoms. The number of hydrogen-bond donors (Lipinski definition) is 0. The molecular weight excluding hydrogens is 309 g/mol. The zero-order valence-corrected chi connectivity index (χ0v) is 12.9. The molecule has 4 nitrogen and oxygen atoms in total. The molecule has 0 spiro atoms. The summed E-state index contributed by atoms with van der Waals surface area (Å²) < 4.78 is 45.3. The lowest BCUT2D eigenvalue weighted by Gasteiger charge is -2.40. The van der Waals surface area contributed by atoms with Crippen LogP contribution in [0.1, 0.15) is 38.0 Å². The highest BCUT2D eigenvalue weighted by Gasteiger charge is 2.48. The first-order valence-corrected chi connectivity index (χ1v) is 6.84. The second kappa shape index (κ2) is 5.78. The van der Waals surface area contributed by atoms with E-state index in [2.05, 4.69) is 4.98 Å². The van der Waals surface area contributed by atoms with Crippen LogP contribution in [0.5, 0.6) is 0 Å². The summed E-state index contributed by atoms with van der Waals surface area (Å²) in [5.74, 6) is -1.29. The molecule has 2 rings (SSSR count). The van der Waals surface area contributed by atoms with Crippen molar-refractivity contribution < 1.29 is 22.7 Å². The van der Waals surface area contributed by atoms with Gasteiger partial charge in [-0.15, -0.1) is 0 Å². The number of alkyl halides is 2. The molecule has 1 heterocycles. The number of hydrogen-bond acceptors (Lipinski definition) is 4. The Morgan fingerprint density at radius 1 is 1.43 bits per heavy atom. The summed E-state index contributed by atoms with van der Waals surface area (Å²) in [5.41, 5.74) is -3.50. The third-order valence-corrected chi connectivity index (χ3v) is 3.95. The normalized spacial score (nSPS) is 23.6. The molecule has 23 heavy (non-hydrogen) atoms. The summed E-state index contributed by atoms with van der Waals surface area (Å²) in [7, 11) is 1.28. The van der Waals surface area contributed by atoms with Crippen LogP contribution in [-0.4, -0.2) is 17.9 Å². The number of pyridine rings is 1. The molecule has 0 N–H and O–H groups in total. The molecular formula is C16H15F3N2O2. The molecule has 0 aromatic carbocycles. The van der Waals surface area contributed by atoms with Crippen molar-refractivity contribution in [2.24, 2.45) is 5.41 Å². The molecule has 122 valence electrons. The Morgan fingerprint density at radius 3 is 2.61 bits per heavy atom. The minimum atomic E-state index is -2.97. The molecule has 0 fully saturated rings. The Labute approximate surface area is 131 Å². The van der Waals surface area contributed by atoms with Crippen LogP contribution >= 0.6 is 0 Å². The van der Waals surface area contributed by atoms with Crippen molar-refractivity contribution in [3.63, 3.8) is 0 Å². The van der Waals surface area contributed by atoms with Crippen LogP contribution in [0.3, 0.4) is 0 Å². The molecule has 1 atom stereocenters. The lowest BCUT2D eigenvalue weighted by atomic mass is 9.68. The highest BCUT2D eigenvalue weighted by Crippen LogP contribution is 2.46. The first-order valence-electron chi connectivity index (χ1n) is 6.84. The number of aromatic nitrogens is 1. The lowest BCUT2D eigenvalue weighted by molar-refractivity contribution is -0.128. The zero-order chi connectivity index (χ0) is 17.4. The van der Waals surface area contributed by atoms with Gasteiger partial charge in [0.2, 0.25) is 0 Å². The number of allylic oxidation sites excluding steroid dienone is 1. The predicted molar refractivity (Wildman–Crippen MR) is 74.9 cm³/mol. The Morgan fingerprint density at radius 2 is 2.09 bits per heavy atom. The van der Waals surface area contributed by atoms with Crippen molar-refractivity contribution in [1.29, 1.82) is 5.26 Å². The van der Waals surface area contributed by atoms with Crippen LogP contribution in [0.2, 0.25) is 0 Å². The number of ether oxygens (including phenoxy) is 1. The second-order valence-corrected chi connectivity index (χ2v) is 6.05. The maximum atomic E-state index is 13.3. The van der Waals surface area contributed by atoms with Gasteiger partial charge in [-0.3, -0.25) is 9.78 Å². The fourth-order valence-electron chi connectivity index (χ4n) is 2.89. The van der Waals surface area contributed by atoms with Crippen LogP contribution in [-0.2, 0) is 15.1 Å². The average molecular weight is 324 g/mol. The number of halogens is 3. The molecule has 0 aliphatic heterocycles. The number of rotatable bonds is 3. The van der Waals surface area contributed by atoms with E-state index in [1.807, 2.05) is 0 Å². The number of Topliss-reactive ketones (excluding diaryl/α,β-unsaturated/α-hetero) is 1. The van der Waals surface area contributed by atoms with Gasteiger partial charge in [0.1, 0.15) is 17.5 Å². The molecule has 0 saturated carbocycles. The minimum Gasteiger partial charge on any atom is -0.368 e. The van der Waals surface area contributed by atoms with E-state index in [-0.39, 0.29) is 17.7 Å². The van der Waals surface area contributed by atoms with E-state index in [9.17, 15) is 18.0 Å². The van der Waals surface area contributed by atoms with Gasteiger partial charge in [0.05, 0.1) is 17.5 Å². The van der Waals surface area contributed by atoms with Crippen molar-refractivity contribution in [1.82, 2.24) is 4.98 Å². The highest BCUT2D eigenvalue weighted by molar-refractivity contribution is 6.04.